The maximum atomic E-state index is 13.5. The van der Waals surface area contributed by atoms with Crippen LogP contribution < -0.4 is 0 Å². The number of carboxylic acids is 1. The summed E-state index contributed by atoms with van der Waals surface area (Å²) < 4.78 is 18.9. The zero-order chi connectivity index (χ0) is 15.9. The van der Waals surface area contributed by atoms with Gasteiger partial charge in [0.15, 0.2) is 0 Å². The predicted molar refractivity (Wildman–Crippen MR) is 76.3 cm³/mol. The van der Waals surface area contributed by atoms with E-state index >= 15 is 0 Å². The van der Waals surface area contributed by atoms with Gasteiger partial charge in [0.2, 0.25) is 0 Å². The Bertz CT molecular complexity index is 638. The number of ether oxygens (including phenoxy) is 1. The van der Waals surface area contributed by atoms with Crippen LogP contribution in [0.4, 0.5) is 4.39 Å². The number of carbonyl (C=O) groups is 2. The molecule has 2 aliphatic rings. The van der Waals surface area contributed by atoms with Crippen LogP contribution in [0.5, 0.6) is 0 Å². The molecular weight excluding hydrogens is 313 g/mol. The van der Waals surface area contributed by atoms with Gasteiger partial charge in [-0.3, -0.25) is 9.59 Å². The summed E-state index contributed by atoms with van der Waals surface area (Å²) in [5.74, 6) is -2.28. The molecule has 2 heterocycles. The highest BCUT2D eigenvalue weighted by molar-refractivity contribution is 6.34. The van der Waals surface area contributed by atoms with Crippen LogP contribution >= 0.6 is 11.6 Å². The molecule has 1 aromatic rings. The molecule has 0 spiro atoms. The smallest absolute Gasteiger partial charge is 0.311 e. The summed E-state index contributed by atoms with van der Waals surface area (Å²) in [6.45, 7) is 1.05. The zero-order valence-corrected chi connectivity index (χ0v) is 12.5. The number of rotatable bonds is 2. The summed E-state index contributed by atoms with van der Waals surface area (Å²) >= 11 is 5.85. The van der Waals surface area contributed by atoms with Crippen molar-refractivity contribution in [1.29, 1.82) is 0 Å². The highest BCUT2D eigenvalue weighted by Crippen LogP contribution is 2.43. The van der Waals surface area contributed by atoms with Gasteiger partial charge in [0, 0.05) is 25.6 Å². The van der Waals surface area contributed by atoms with Crippen molar-refractivity contribution in [1.82, 2.24) is 4.90 Å². The van der Waals surface area contributed by atoms with Crippen LogP contribution in [0.25, 0.3) is 0 Å². The number of carboxylic acid groups (broad SMARTS) is 1. The van der Waals surface area contributed by atoms with Crippen molar-refractivity contribution >= 4 is 23.5 Å². The maximum absolute atomic E-state index is 13.5. The Kier molecular flexibility index (Phi) is 3.82. The Morgan fingerprint density at radius 1 is 1.45 bits per heavy atom. The third-order valence-corrected chi connectivity index (χ3v) is 4.99. The first-order valence-corrected chi connectivity index (χ1v) is 7.38. The van der Waals surface area contributed by atoms with Crippen LogP contribution in [0, 0.1) is 17.2 Å². The van der Waals surface area contributed by atoms with Crippen LogP contribution in [-0.4, -0.2) is 48.2 Å². The summed E-state index contributed by atoms with van der Waals surface area (Å²) in [4.78, 5) is 25.7. The van der Waals surface area contributed by atoms with Gasteiger partial charge in [0.05, 0.1) is 22.6 Å². The fraction of sp³-hybridized carbons (Fsp3) is 0.467. The van der Waals surface area contributed by atoms with E-state index in [4.69, 9.17) is 16.3 Å². The quantitative estimate of drug-likeness (QED) is 0.902. The van der Waals surface area contributed by atoms with Crippen molar-refractivity contribution in [2.45, 2.75) is 6.42 Å². The molecule has 3 rings (SSSR count). The number of amides is 1. The molecule has 0 unspecified atom stereocenters. The van der Waals surface area contributed by atoms with Gasteiger partial charge in [-0.15, -0.1) is 0 Å². The number of hydrogen-bond donors (Lipinski definition) is 1. The lowest BCUT2D eigenvalue weighted by Crippen LogP contribution is -2.45. The largest absolute Gasteiger partial charge is 0.481 e. The predicted octanol–water partition coefficient (Wildman–Crippen LogP) is 2.04. The second-order valence-electron chi connectivity index (χ2n) is 5.77. The number of hydrogen-bond acceptors (Lipinski definition) is 3. The van der Waals surface area contributed by atoms with Gasteiger partial charge in [-0.2, -0.15) is 0 Å². The van der Waals surface area contributed by atoms with E-state index in [0.29, 0.717) is 19.6 Å². The second kappa shape index (κ2) is 5.52. The van der Waals surface area contributed by atoms with Crippen molar-refractivity contribution in [2.75, 3.05) is 26.3 Å². The molecule has 0 bridgehead atoms. The van der Waals surface area contributed by atoms with E-state index in [1.165, 1.54) is 23.1 Å². The lowest BCUT2D eigenvalue weighted by Gasteiger charge is -2.33. The molecule has 5 nitrogen and oxygen atoms in total. The fourth-order valence-electron chi connectivity index (χ4n) is 3.29. The number of fused-ring (bicyclic) bond motifs is 1. The molecule has 1 amide bonds. The number of nitrogens with zero attached hydrogens (tertiary/aromatic N) is 1. The summed E-state index contributed by atoms with van der Waals surface area (Å²) in [5, 5.41) is 9.36. The van der Waals surface area contributed by atoms with E-state index in [0.717, 1.165) is 0 Å². The Labute approximate surface area is 131 Å². The van der Waals surface area contributed by atoms with Gasteiger partial charge >= 0.3 is 5.97 Å². The molecule has 1 N–H and O–H groups in total. The number of halogens is 2. The van der Waals surface area contributed by atoms with E-state index in [-0.39, 0.29) is 29.6 Å². The Balaban J connectivity index is 1.89. The van der Waals surface area contributed by atoms with Crippen LogP contribution in [0.1, 0.15) is 16.8 Å². The molecule has 2 saturated heterocycles. The normalized spacial score (nSPS) is 27.5. The first-order chi connectivity index (χ1) is 10.5. The fourth-order valence-corrected chi connectivity index (χ4v) is 3.50. The van der Waals surface area contributed by atoms with Crippen LogP contribution in [-0.2, 0) is 9.53 Å². The number of aliphatic carboxylic acids is 1. The molecule has 2 atom stereocenters. The molecule has 0 aliphatic carbocycles. The van der Waals surface area contributed by atoms with E-state index in [2.05, 4.69) is 0 Å². The summed E-state index contributed by atoms with van der Waals surface area (Å²) in [7, 11) is 0. The molecule has 0 aromatic heterocycles. The molecule has 7 heteroatoms. The third-order valence-electron chi connectivity index (χ3n) is 4.60. The number of carbonyl (C=O) groups excluding carboxylic acids is 1. The topological polar surface area (TPSA) is 66.8 Å². The molecule has 0 radical (unpaired) electrons. The van der Waals surface area contributed by atoms with Gasteiger partial charge in [0.25, 0.3) is 5.91 Å². The summed E-state index contributed by atoms with van der Waals surface area (Å²) in [6, 6.07) is 4.03. The average Bonchev–Trinajstić information content (AvgIpc) is 2.90. The molecule has 2 aliphatic heterocycles. The van der Waals surface area contributed by atoms with Crippen molar-refractivity contribution in [2.24, 2.45) is 11.3 Å². The van der Waals surface area contributed by atoms with Crippen LogP contribution in [0.2, 0.25) is 5.02 Å². The summed E-state index contributed by atoms with van der Waals surface area (Å²) in [6.07, 6.45) is 0.369. The first-order valence-electron chi connectivity index (χ1n) is 7.00. The minimum absolute atomic E-state index is 0.0572. The lowest BCUT2D eigenvalue weighted by atomic mass is 9.74. The monoisotopic (exact) mass is 327 g/mol. The minimum Gasteiger partial charge on any atom is -0.481 e. The van der Waals surface area contributed by atoms with Gasteiger partial charge in [-0.25, -0.2) is 4.39 Å². The molecule has 22 heavy (non-hydrogen) atoms. The van der Waals surface area contributed by atoms with E-state index in [9.17, 15) is 19.1 Å². The number of benzene rings is 1. The van der Waals surface area contributed by atoms with Crippen LogP contribution in [0.3, 0.4) is 0 Å². The highest BCUT2D eigenvalue weighted by atomic mass is 35.5. The SMILES string of the molecule is O=C(c1cccc(F)c1Cl)N1C[C@H]2COCC[C@@]2(C(=O)O)C1. The zero-order valence-electron chi connectivity index (χ0n) is 11.7. The lowest BCUT2D eigenvalue weighted by molar-refractivity contribution is -0.157. The molecule has 1 aromatic carbocycles. The minimum atomic E-state index is -0.978. The van der Waals surface area contributed by atoms with Gasteiger partial charge in [0.1, 0.15) is 5.82 Å². The average molecular weight is 328 g/mol. The van der Waals surface area contributed by atoms with Gasteiger partial charge < -0.3 is 14.7 Å². The van der Waals surface area contributed by atoms with E-state index < -0.39 is 23.1 Å². The molecular formula is C15H15ClFNO4. The van der Waals surface area contributed by atoms with Crippen molar-refractivity contribution in [3.8, 4) is 0 Å². The van der Waals surface area contributed by atoms with Crippen LogP contribution in [0.15, 0.2) is 18.2 Å². The van der Waals surface area contributed by atoms with Crippen molar-refractivity contribution in [3.05, 3.63) is 34.6 Å². The Morgan fingerprint density at radius 2 is 2.23 bits per heavy atom. The van der Waals surface area contributed by atoms with E-state index in [1.54, 1.807) is 0 Å². The van der Waals surface area contributed by atoms with Crippen molar-refractivity contribution < 1.29 is 23.8 Å². The Hall–Kier alpha value is -1.66. The molecule has 0 saturated carbocycles. The summed E-state index contributed by atoms with van der Waals surface area (Å²) in [5.41, 5.74) is -0.921. The van der Waals surface area contributed by atoms with Crippen molar-refractivity contribution in [3.63, 3.8) is 0 Å². The number of likely N-dealkylation sites (tertiary alicyclic amines) is 1. The molecule has 2 fully saturated rings. The second-order valence-corrected chi connectivity index (χ2v) is 6.15. The van der Waals surface area contributed by atoms with Gasteiger partial charge in [-0.1, -0.05) is 17.7 Å². The molecule has 118 valence electrons. The maximum Gasteiger partial charge on any atom is 0.311 e. The van der Waals surface area contributed by atoms with Gasteiger partial charge in [-0.05, 0) is 18.6 Å². The Morgan fingerprint density at radius 3 is 2.91 bits per heavy atom. The highest BCUT2D eigenvalue weighted by Gasteiger charge is 2.55. The third kappa shape index (κ3) is 2.27. The first kappa shape index (κ1) is 15.2. The van der Waals surface area contributed by atoms with E-state index in [1.807, 2.05) is 0 Å². The standard InChI is InChI=1S/C15H15ClFNO4/c16-12-10(2-1-3-11(12)17)13(19)18-6-9-7-22-5-4-15(9,8-18)14(20)21/h1-3,9H,4-8H2,(H,20,21)/t9-,15+/m0/s1.